The second kappa shape index (κ2) is 9.65. The predicted octanol–water partition coefficient (Wildman–Crippen LogP) is 6.36. The Labute approximate surface area is 167 Å². The van der Waals surface area contributed by atoms with Crippen molar-refractivity contribution >= 4 is 22.7 Å². The Balaban J connectivity index is 0.000000706. The minimum Gasteiger partial charge on any atom is -0.855 e. The first-order chi connectivity index (χ1) is 13.8. The molecule has 140 valence electrons. The molecule has 0 heterocycles. The van der Waals surface area contributed by atoms with Gasteiger partial charge in [-0.05, 0) is 0 Å². The van der Waals surface area contributed by atoms with E-state index in [1.54, 1.807) is 6.92 Å². The summed E-state index contributed by atoms with van der Waals surface area (Å²) in [5.41, 5.74) is 4.86. The Morgan fingerprint density at radius 1 is 0.464 bits per heavy atom. The number of quaternary nitrogens is 1. The molecule has 0 spiro atoms. The maximum atomic E-state index is 8.93. The highest BCUT2D eigenvalue weighted by Crippen LogP contribution is 2.50. The van der Waals surface area contributed by atoms with Gasteiger partial charge >= 0.3 is 0 Å². The van der Waals surface area contributed by atoms with Crippen LogP contribution in [-0.4, -0.2) is 6.61 Å². The average Bonchev–Trinajstić information content (AvgIpc) is 2.78. The number of nitrogens with zero attached hydrogens (tertiary/aromatic N) is 1. The predicted molar refractivity (Wildman–Crippen MR) is 117 cm³/mol. The molecule has 0 saturated carbocycles. The van der Waals surface area contributed by atoms with Gasteiger partial charge in [-0.25, -0.2) is 0 Å². The topological polar surface area (TPSA) is 23.1 Å². The quantitative estimate of drug-likeness (QED) is 0.385. The molecule has 0 saturated heterocycles. The molecule has 4 aromatic rings. The van der Waals surface area contributed by atoms with Crippen LogP contribution in [0.15, 0.2) is 121 Å². The van der Waals surface area contributed by atoms with E-state index in [0.29, 0.717) is 4.48 Å². The van der Waals surface area contributed by atoms with Crippen LogP contribution >= 0.6 is 0 Å². The van der Waals surface area contributed by atoms with Crippen LogP contribution in [0.25, 0.3) is 0 Å². The summed E-state index contributed by atoms with van der Waals surface area (Å²) < 4.78 is 0.559. The number of hydrogen-bond donors (Lipinski definition) is 0. The molecule has 0 N–H and O–H groups in total. The molecule has 0 fully saturated rings. The van der Waals surface area contributed by atoms with Gasteiger partial charge in [0.15, 0.2) is 0 Å². The highest BCUT2D eigenvalue weighted by atomic mass is 16.2. The molecule has 2 heteroatoms. The fourth-order valence-corrected chi connectivity index (χ4v) is 3.50. The van der Waals surface area contributed by atoms with Crippen molar-refractivity contribution in [2.24, 2.45) is 0 Å². The second-order valence-electron chi connectivity index (χ2n) is 6.30. The van der Waals surface area contributed by atoms with Gasteiger partial charge in [-0.2, -0.15) is 4.48 Å². The van der Waals surface area contributed by atoms with Gasteiger partial charge in [0.1, 0.15) is 22.7 Å². The van der Waals surface area contributed by atoms with Gasteiger partial charge in [0.25, 0.3) is 0 Å². The summed E-state index contributed by atoms with van der Waals surface area (Å²) in [6.07, 6.45) is 0. The molecular weight excluding hydrogens is 342 g/mol. The van der Waals surface area contributed by atoms with E-state index in [4.69, 9.17) is 5.11 Å². The van der Waals surface area contributed by atoms with E-state index >= 15 is 0 Å². The summed E-state index contributed by atoms with van der Waals surface area (Å²) in [4.78, 5) is 0. The third kappa shape index (κ3) is 3.89. The zero-order valence-corrected chi connectivity index (χ0v) is 16.1. The van der Waals surface area contributed by atoms with E-state index in [-0.39, 0.29) is 6.61 Å². The smallest absolute Gasteiger partial charge is 0.148 e. The second-order valence-corrected chi connectivity index (χ2v) is 6.30. The largest absolute Gasteiger partial charge is 0.855 e. The van der Waals surface area contributed by atoms with Crippen LogP contribution in [0.3, 0.4) is 0 Å². The first-order valence-electron chi connectivity index (χ1n) is 9.53. The van der Waals surface area contributed by atoms with Crippen molar-refractivity contribution in [2.45, 2.75) is 6.92 Å². The Morgan fingerprint density at radius 3 is 0.821 bits per heavy atom. The fraction of sp³-hybridized carbons (Fsp3) is 0.0769. The standard InChI is InChI=1S/C24H20N.C2H5O/c1-5-13-21(14-6-1)25(22-15-7-2-8-16-22,23-17-9-3-10-18-23)24-19-11-4-12-20-24;1-2-3/h1-20H;2H2,1H3/q+1;-1. The third-order valence-electron chi connectivity index (χ3n) is 4.57. The lowest BCUT2D eigenvalue weighted by Gasteiger charge is -2.37. The molecule has 4 aromatic carbocycles. The van der Waals surface area contributed by atoms with E-state index in [1.165, 1.54) is 22.7 Å². The summed E-state index contributed by atoms with van der Waals surface area (Å²) >= 11 is 0. The van der Waals surface area contributed by atoms with E-state index < -0.39 is 0 Å². The van der Waals surface area contributed by atoms with E-state index in [9.17, 15) is 0 Å². The van der Waals surface area contributed by atoms with Gasteiger partial charge in [0, 0.05) is 48.5 Å². The Kier molecular flexibility index (Phi) is 6.74. The molecule has 0 aliphatic carbocycles. The molecule has 0 unspecified atom stereocenters. The number of benzene rings is 4. The molecule has 0 aromatic heterocycles. The number of rotatable bonds is 4. The Morgan fingerprint density at radius 2 is 0.643 bits per heavy atom. The normalized spacial score (nSPS) is 10.6. The maximum Gasteiger partial charge on any atom is 0.148 e. The summed E-state index contributed by atoms with van der Waals surface area (Å²) in [6, 6.07) is 42.8. The molecule has 0 radical (unpaired) electrons. The lowest BCUT2D eigenvalue weighted by molar-refractivity contribution is -0.361. The van der Waals surface area contributed by atoms with Crippen molar-refractivity contribution in [2.75, 3.05) is 6.61 Å². The molecule has 0 aliphatic rings. The van der Waals surface area contributed by atoms with Crippen molar-refractivity contribution in [1.29, 1.82) is 0 Å². The number of hydrogen-bond acceptors (Lipinski definition) is 1. The van der Waals surface area contributed by atoms with Crippen LogP contribution in [0.2, 0.25) is 0 Å². The minimum atomic E-state index is 0. The first kappa shape index (κ1) is 19.6. The highest BCUT2D eigenvalue weighted by molar-refractivity contribution is 5.81. The maximum absolute atomic E-state index is 8.93. The first-order valence-corrected chi connectivity index (χ1v) is 9.53. The molecule has 0 amide bonds. The summed E-state index contributed by atoms with van der Waals surface area (Å²) in [5.74, 6) is 0. The van der Waals surface area contributed by atoms with Crippen molar-refractivity contribution in [1.82, 2.24) is 4.48 Å². The lowest BCUT2D eigenvalue weighted by Crippen LogP contribution is -2.33. The Hall–Kier alpha value is -3.20. The van der Waals surface area contributed by atoms with Gasteiger partial charge in [-0.15, -0.1) is 6.61 Å². The molecule has 0 atom stereocenters. The summed E-state index contributed by atoms with van der Waals surface area (Å²) in [7, 11) is 0. The van der Waals surface area contributed by atoms with Crippen LogP contribution in [0.4, 0.5) is 22.7 Å². The molecule has 4 rings (SSSR count). The minimum absolute atomic E-state index is 0. The van der Waals surface area contributed by atoms with E-state index in [2.05, 4.69) is 121 Å². The molecular formula is C26H25NO. The summed E-state index contributed by atoms with van der Waals surface area (Å²) in [5, 5.41) is 8.93. The molecule has 0 bridgehead atoms. The zero-order valence-electron chi connectivity index (χ0n) is 16.1. The zero-order chi connectivity index (χ0) is 19.7. The van der Waals surface area contributed by atoms with Crippen molar-refractivity contribution in [3.05, 3.63) is 121 Å². The molecule has 28 heavy (non-hydrogen) atoms. The average molecular weight is 367 g/mol. The van der Waals surface area contributed by atoms with E-state index in [0.717, 1.165) is 0 Å². The van der Waals surface area contributed by atoms with Crippen LogP contribution in [0, 0.1) is 0 Å². The van der Waals surface area contributed by atoms with Gasteiger partial charge in [-0.3, -0.25) is 0 Å². The van der Waals surface area contributed by atoms with E-state index in [1.807, 2.05) is 0 Å². The van der Waals surface area contributed by atoms with Crippen LogP contribution in [0.5, 0.6) is 0 Å². The fourth-order valence-electron chi connectivity index (χ4n) is 3.50. The lowest BCUT2D eigenvalue weighted by atomic mass is 10.1. The third-order valence-corrected chi connectivity index (χ3v) is 4.57. The molecule has 0 aliphatic heterocycles. The van der Waals surface area contributed by atoms with Crippen molar-refractivity contribution in [3.63, 3.8) is 0 Å². The van der Waals surface area contributed by atoms with Gasteiger partial charge < -0.3 is 5.11 Å². The van der Waals surface area contributed by atoms with Crippen molar-refractivity contribution in [3.8, 4) is 0 Å². The summed E-state index contributed by atoms with van der Waals surface area (Å²) in [6.45, 7) is 1.57. The van der Waals surface area contributed by atoms with Crippen LogP contribution in [-0.2, 0) is 0 Å². The SMILES string of the molecule is CC[O-].c1ccc([N+](c2ccccc2)(c2ccccc2)c2ccccc2)cc1. The highest BCUT2D eigenvalue weighted by Gasteiger charge is 2.38. The van der Waals surface area contributed by atoms with Gasteiger partial charge in [0.2, 0.25) is 0 Å². The molecule has 2 nitrogen and oxygen atoms in total. The van der Waals surface area contributed by atoms with Gasteiger partial charge in [-0.1, -0.05) is 79.7 Å². The monoisotopic (exact) mass is 367 g/mol. The number of para-hydroxylation sites is 4. The van der Waals surface area contributed by atoms with Crippen LogP contribution in [0.1, 0.15) is 6.92 Å². The Bertz CT molecular complexity index is 775. The van der Waals surface area contributed by atoms with Gasteiger partial charge in [0.05, 0.1) is 0 Å². The van der Waals surface area contributed by atoms with Crippen LogP contribution < -0.4 is 9.59 Å². The van der Waals surface area contributed by atoms with Crippen molar-refractivity contribution < 1.29 is 5.11 Å².